The minimum atomic E-state index is -0.711. The summed E-state index contributed by atoms with van der Waals surface area (Å²) in [5.41, 5.74) is 7.51. The number of benzene rings is 2. The summed E-state index contributed by atoms with van der Waals surface area (Å²) in [7, 11) is 0. The molecule has 2 aromatic carbocycles. The van der Waals surface area contributed by atoms with E-state index < -0.39 is 17.5 Å². The Balaban J connectivity index is 1.67. The van der Waals surface area contributed by atoms with Gasteiger partial charge >= 0.3 is 0 Å². The Kier molecular flexibility index (Phi) is 4.03. The van der Waals surface area contributed by atoms with E-state index in [1.165, 1.54) is 12.1 Å². The Morgan fingerprint density at radius 1 is 1.18 bits per heavy atom. The topological polar surface area (TPSA) is 77.1 Å². The Morgan fingerprint density at radius 3 is 2.79 bits per heavy atom. The van der Waals surface area contributed by atoms with Gasteiger partial charge in [0.2, 0.25) is 0 Å². The van der Waals surface area contributed by atoms with Crippen LogP contribution in [0.15, 0.2) is 41.4 Å². The van der Waals surface area contributed by atoms with Crippen LogP contribution in [0.3, 0.4) is 0 Å². The normalized spacial score (nSPS) is 30.8. The van der Waals surface area contributed by atoms with Gasteiger partial charge in [-0.2, -0.15) is 0 Å². The zero-order valence-electron chi connectivity index (χ0n) is 15.1. The van der Waals surface area contributed by atoms with Gasteiger partial charge in [0.1, 0.15) is 29.8 Å². The number of nitrogens with two attached hydrogens (primary N) is 1. The molecule has 2 aromatic rings. The Labute approximate surface area is 166 Å². The van der Waals surface area contributed by atoms with E-state index >= 15 is 0 Å². The highest BCUT2D eigenvalue weighted by molar-refractivity contribution is 6.30. The van der Waals surface area contributed by atoms with Crippen molar-refractivity contribution in [1.82, 2.24) is 0 Å². The number of aliphatic hydroxyl groups excluding tert-OH is 1. The van der Waals surface area contributed by atoms with Crippen molar-refractivity contribution >= 4 is 17.6 Å². The number of aliphatic imine (C=N–C) groups is 1. The van der Waals surface area contributed by atoms with Crippen molar-refractivity contribution in [2.24, 2.45) is 16.6 Å². The van der Waals surface area contributed by atoms with Crippen LogP contribution in [0.4, 0.5) is 4.39 Å². The van der Waals surface area contributed by atoms with Crippen molar-refractivity contribution in [1.29, 1.82) is 0 Å². The average molecular weight is 403 g/mol. The summed E-state index contributed by atoms with van der Waals surface area (Å²) < 4.78 is 25.7. The van der Waals surface area contributed by atoms with Gasteiger partial charge in [0, 0.05) is 16.5 Å². The summed E-state index contributed by atoms with van der Waals surface area (Å²) in [6, 6.07) is 10.3. The number of ether oxygens (including phenoxy) is 2. The van der Waals surface area contributed by atoms with Gasteiger partial charge in [0.15, 0.2) is 0 Å². The lowest BCUT2D eigenvalue weighted by atomic mass is 9.67. The van der Waals surface area contributed by atoms with Crippen molar-refractivity contribution in [3.8, 4) is 16.9 Å². The molecule has 5 nitrogen and oxygen atoms in total. The predicted octanol–water partition coefficient (Wildman–Crippen LogP) is 3.61. The van der Waals surface area contributed by atoms with Crippen LogP contribution in [0.25, 0.3) is 11.1 Å². The lowest BCUT2D eigenvalue weighted by Crippen LogP contribution is -2.51. The third-order valence-electron chi connectivity index (χ3n) is 6.04. The van der Waals surface area contributed by atoms with Crippen LogP contribution in [0.5, 0.6) is 5.75 Å². The van der Waals surface area contributed by atoms with Crippen LogP contribution in [0.2, 0.25) is 5.02 Å². The molecule has 7 heteroatoms. The van der Waals surface area contributed by atoms with Gasteiger partial charge in [0.25, 0.3) is 6.02 Å². The Morgan fingerprint density at radius 2 is 2.04 bits per heavy atom. The maximum atomic E-state index is 13.9. The second kappa shape index (κ2) is 6.36. The fraction of sp³-hybridized carbons (Fsp3) is 0.381. The number of nitrogens with zero attached hydrogens (tertiary/aromatic N) is 1. The van der Waals surface area contributed by atoms with E-state index in [1.54, 1.807) is 6.07 Å². The number of rotatable bonds is 1. The van der Waals surface area contributed by atoms with Gasteiger partial charge in [-0.05, 0) is 60.7 Å². The van der Waals surface area contributed by atoms with E-state index in [0.717, 1.165) is 23.3 Å². The molecular formula is C21H20ClFN2O3. The van der Waals surface area contributed by atoms with Crippen molar-refractivity contribution in [2.45, 2.75) is 37.0 Å². The van der Waals surface area contributed by atoms with Crippen molar-refractivity contribution < 1.29 is 19.0 Å². The van der Waals surface area contributed by atoms with Crippen LogP contribution >= 0.6 is 11.6 Å². The van der Waals surface area contributed by atoms with Gasteiger partial charge in [0.05, 0.1) is 6.10 Å². The quantitative estimate of drug-likeness (QED) is 0.764. The molecular weight excluding hydrogens is 383 g/mol. The summed E-state index contributed by atoms with van der Waals surface area (Å²) in [5, 5.41) is 10.6. The molecule has 0 radical (unpaired) electrons. The zero-order valence-corrected chi connectivity index (χ0v) is 15.8. The first-order valence-corrected chi connectivity index (χ1v) is 9.76. The first-order chi connectivity index (χ1) is 13.4. The fourth-order valence-electron chi connectivity index (χ4n) is 4.77. The Hall–Kier alpha value is -2.31. The molecule has 1 aliphatic carbocycles. The lowest BCUT2D eigenvalue weighted by molar-refractivity contribution is -0.0359. The molecule has 0 saturated heterocycles. The van der Waals surface area contributed by atoms with E-state index in [4.69, 9.17) is 31.8 Å². The molecule has 1 spiro atoms. The summed E-state index contributed by atoms with van der Waals surface area (Å²) >= 11 is 6.04. The smallest absolute Gasteiger partial charge is 0.283 e. The van der Waals surface area contributed by atoms with Crippen LogP contribution in [0.1, 0.15) is 24.8 Å². The first-order valence-electron chi connectivity index (χ1n) is 9.38. The molecule has 5 rings (SSSR count). The standard InChI is InChI=1S/C21H20ClFN2O3/c22-13-5-12(6-14(23)8-13)11-1-3-18-16(7-11)21(10-27-20(24)25-21)17-9-15(26)2-4-19(17)28-18/h1,3,5-8,15,17,19,26H,2,4,9-10H2,(H2,24,25)/t15?,17-,19?,21?/m0/s1. The molecule has 3 aliphatic rings. The van der Waals surface area contributed by atoms with E-state index in [1.807, 2.05) is 18.2 Å². The number of amidine groups is 1. The SMILES string of the molecule is NC1=NC2(CO1)c1cc(-c3cc(F)cc(Cl)c3)ccc1OC1CCC(O)C[C@@H]12. The second-order valence-electron chi connectivity index (χ2n) is 7.76. The molecule has 0 amide bonds. The number of aliphatic hydroxyl groups is 1. The number of hydrogen-bond acceptors (Lipinski definition) is 5. The van der Waals surface area contributed by atoms with E-state index in [2.05, 4.69) is 0 Å². The van der Waals surface area contributed by atoms with Gasteiger partial charge in [-0.15, -0.1) is 0 Å². The van der Waals surface area contributed by atoms with Crippen molar-refractivity contribution in [2.75, 3.05) is 6.61 Å². The highest BCUT2D eigenvalue weighted by Crippen LogP contribution is 2.53. The second-order valence-corrected chi connectivity index (χ2v) is 8.20. The molecule has 0 aromatic heterocycles. The first kappa shape index (κ1) is 17.8. The molecule has 146 valence electrons. The maximum Gasteiger partial charge on any atom is 0.283 e. The van der Waals surface area contributed by atoms with Crippen molar-refractivity contribution in [3.05, 3.63) is 52.8 Å². The van der Waals surface area contributed by atoms with Crippen LogP contribution in [-0.4, -0.2) is 29.9 Å². The molecule has 1 saturated carbocycles. The summed E-state index contributed by atoms with van der Waals surface area (Å²) in [6.45, 7) is 0.302. The zero-order chi connectivity index (χ0) is 19.5. The number of halogens is 2. The van der Waals surface area contributed by atoms with Gasteiger partial charge in [-0.25, -0.2) is 9.38 Å². The minimum absolute atomic E-state index is 0.0452. The third-order valence-corrected chi connectivity index (χ3v) is 6.26. The summed E-state index contributed by atoms with van der Waals surface area (Å²) in [6.07, 6.45) is 1.57. The molecule has 3 unspecified atom stereocenters. The van der Waals surface area contributed by atoms with Gasteiger partial charge in [-0.3, -0.25) is 0 Å². The third kappa shape index (κ3) is 2.74. The maximum absolute atomic E-state index is 13.9. The monoisotopic (exact) mass is 402 g/mol. The minimum Gasteiger partial charge on any atom is -0.490 e. The van der Waals surface area contributed by atoms with Gasteiger partial charge in [-0.1, -0.05) is 17.7 Å². The molecule has 1 fully saturated rings. The lowest BCUT2D eigenvalue weighted by Gasteiger charge is -2.47. The molecule has 28 heavy (non-hydrogen) atoms. The summed E-state index contributed by atoms with van der Waals surface area (Å²) in [5.74, 6) is 0.287. The average Bonchev–Trinajstić information content (AvgIpc) is 3.04. The largest absolute Gasteiger partial charge is 0.490 e. The highest BCUT2D eigenvalue weighted by atomic mass is 35.5. The fourth-order valence-corrected chi connectivity index (χ4v) is 4.99. The van der Waals surface area contributed by atoms with Crippen molar-refractivity contribution in [3.63, 3.8) is 0 Å². The summed E-state index contributed by atoms with van der Waals surface area (Å²) in [4.78, 5) is 4.69. The number of fused-ring (bicyclic) bond motifs is 4. The molecule has 2 aliphatic heterocycles. The van der Waals surface area contributed by atoms with Crippen LogP contribution in [0, 0.1) is 11.7 Å². The predicted molar refractivity (Wildman–Crippen MR) is 104 cm³/mol. The Bertz CT molecular complexity index is 962. The van der Waals surface area contributed by atoms with Gasteiger partial charge < -0.3 is 20.3 Å². The highest BCUT2D eigenvalue weighted by Gasteiger charge is 2.55. The molecule has 3 N–H and O–H groups in total. The number of hydrogen-bond donors (Lipinski definition) is 2. The molecule has 0 bridgehead atoms. The van der Waals surface area contributed by atoms with E-state index in [0.29, 0.717) is 30.0 Å². The van der Waals surface area contributed by atoms with E-state index in [9.17, 15) is 9.50 Å². The molecule has 2 heterocycles. The van der Waals surface area contributed by atoms with Crippen LogP contribution < -0.4 is 10.5 Å². The molecule has 4 atom stereocenters. The van der Waals surface area contributed by atoms with E-state index in [-0.39, 0.29) is 18.0 Å². The van der Waals surface area contributed by atoms with Crippen LogP contribution in [-0.2, 0) is 10.3 Å².